The molecular formula is C13H17ClN2O2. The van der Waals surface area contributed by atoms with Gasteiger partial charge in [-0.3, -0.25) is 4.79 Å². The number of hydrogen-bond donors (Lipinski definition) is 1. The van der Waals surface area contributed by atoms with E-state index in [2.05, 4.69) is 4.98 Å². The number of carbonyl (C=O) groups excluding carboxylic acids is 1. The summed E-state index contributed by atoms with van der Waals surface area (Å²) in [5.74, 6) is -0.191. The van der Waals surface area contributed by atoms with Gasteiger partial charge in [-0.1, -0.05) is 30.5 Å². The van der Waals surface area contributed by atoms with Crippen molar-refractivity contribution in [3.8, 4) is 0 Å². The maximum atomic E-state index is 12.2. The molecule has 1 amide bonds. The van der Waals surface area contributed by atoms with E-state index in [1.807, 2.05) is 0 Å². The van der Waals surface area contributed by atoms with Gasteiger partial charge in [0.15, 0.2) is 0 Å². The van der Waals surface area contributed by atoms with E-state index in [-0.39, 0.29) is 11.9 Å². The molecule has 2 unspecified atom stereocenters. The Bertz CT molecular complexity index is 439. The summed E-state index contributed by atoms with van der Waals surface area (Å²) >= 11 is 5.78. The SMILES string of the molecule is CN(C(=O)c1cccc(Cl)n1)C1CCCCC1O. The van der Waals surface area contributed by atoms with E-state index in [0.717, 1.165) is 25.7 Å². The van der Waals surface area contributed by atoms with Crippen LogP contribution in [0.4, 0.5) is 0 Å². The summed E-state index contributed by atoms with van der Waals surface area (Å²) in [5.41, 5.74) is 0.322. The number of likely N-dealkylation sites (N-methyl/N-ethyl adjacent to an activating group) is 1. The molecule has 0 radical (unpaired) electrons. The second kappa shape index (κ2) is 5.67. The molecule has 1 aromatic rings. The molecule has 2 atom stereocenters. The van der Waals surface area contributed by atoms with E-state index < -0.39 is 6.10 Å². The maximum absolute atomic E-state index is 12.2. The Morgan fingerprint density at radius 3 is 2.83 bits per heavy atom. The van der Waals surface area contributed by atoms with Crippen LogP contribution in [0.5, 0.6) is 0 Å². The number of nitrogens with zero attached hydrogens (tertiary/aromatic N) is 2. The van der Waals surface area contributed by atoms with E-state index in [4.69, 9.17) is 11.6 Å². The van der Waals surface area contributed by atoms with Crippen LogP contribution in [0.3, 0.4) is 0 Å². The van der Waals surface area contributed by atoms with Gasteiger partial charge >= 0.3 is 0 Å². The Labute approximate surface area is 112 Å². The fourth-order valence-corrected chi connectivity index (χ4v) is 2.57. The van der Waals surface area contributed by atoms with Crippen LogP contribution in [-0.2, 0) is 0 Å². The third-order valence-electron chi connectivity index (χ3n) is 3.45. The molecule has 18 heavy (non-hydrogen) atoms. The highest BCUT2D eigenvalue weighted by Crippen LogP contribution is 2.23. The molecule has 1 heterocycles. The summed E-state index contributed by atoms with van der Waals surface area (Å²) in [7, 11) is 1.71. The first-order chi connectivity index (χ1) is 8.59. The number of aliphatic hydroxyl groups is 1. The predicted octanol–water partition coefficient (Wildman–Crippen LogP) is 2.11. The van der Waals surface area contributed by atoms with Gasteiger partial charge in [0, 0.05) is 7.05 Å². The number of aliphatic hydroxyl groups excluding tert-OH is 1. The molecular weight excluding hydrogens is 252 g/mol. The zero-order valence-corrected chi connectivity index (χ0v) is 11.1. The number of halogens is 1. The molecule has 0 bridgehead atoms. The molecule has 1 aliphatic carbocycles. The number of rotatable bonds is 2. The molecule has 98 valence electrons. The normalized spacial score (nSPS) is 23.7. The van der Waals surface area contributed by atoms with Gasteiger partial charge < -0.3 is 10.0 Å². The second-order valence-corrected chi connectivity index (χ2v) is 5.07. The lowest BCUT2D eigenvalue weighted by Gasteiger charge is -2.35. The van der Waals surface area contributed by atoms with E-state index in [9.17, 15) is 9.90 Å². The Kier molecular flexibility index (Phi) is 4.19. The molecule has 4 nitrogen and oxygen atoms in total. The lowest BCUT2D eigenvalue weighted by Crippen LogP contribution is -2.46. The van der Waals surface area contributed by atoms with Crippen molar-refractivity contribution in [1.29, 1.82) is 0 Å². The van der Waals surface area contributed by atoms with Crippen LogP contribution < -0.4 is 0 Å². The molecule has 1 aliphatic rings. The van der Waals surface area contributed by atoms with Crippen molar-refractivity contribution in [2.75, 3.05) is 7.05 Å². The average molecular weight is 269 g/mol. The molecule has 0 saturated heterocycles. The average Bonchev–Trinajstić information content (AvgIpc) is 2.37. The first-order valence-electron chi connectivity index (χ1n) is 6.17. The summed E-state index contributed by atoms with van der Waals surface area (Å²) in [6.07, 6.45) is 3.22. The molecule has 1 N–H and O–H groups in total. The standard InChI is InChI=1S/C13H17ClN2O2/c1-16(10-6-2-3-7-11(10)17)13(18)9-5-4-8-12(14)15-9/h4-5,8,10-11,17H,2-3,6-7H2,1H3. The molecule has 1 fully saturated rings. The molecule has 2 rings (SSSR count). The van der Waals surface area contributed by atoms with Crippen LogP contribution in [0.2, 0.25) is 5.15 Å². The van der Waals surface area contributed by atoms with Crippen LogP contribution in [0.1, 0.15) is 36.2 Å². The van der Waals surface area contributed by atoms with Gasteiger partial charge in [-0.25, -0.2) is 4.98 Å². The summed E-state index contributed by atoms with van der Waals surface area (Å²) < 4.78 is 0. The van der Waals surface area contributed by atoms with E-state index in [1.165, 1.54) is 0 Å². The van der Waals surface area contributed by atoms with E-state index in [0.29, 0.717) is 10.8 Å². The molecule has 0 spiro atoms. The third kappa shape index (κ3) is 2.82. The van der Waals surface area contributed by atoms with E-state index in [1.54, 1.807) is 30.1 Å². The number of pyridine rings is 1. The van der Waals surface area contributed by atoms with E-state index >= 15 is 0 Å². The number of hydrogen-bond acceptors (Lipinski definition) is 3. The van der Waals surface area contributed by atoms with Crippen LogP contribution in [0.25, 0.3) is 0 Å². The van der Waals surface area contributed by atoms with Crippen molar-refractivity contribution in [1.82, 2.24) is 9.88 Å². The lowest BCUT2D eigenvalue weighted by atomic mass is 9.91. The predicted molar refractivity (Wildman–Crippen MR) is 69.6 cm³/mol. The minimum Gasteiger partial charge on any atom is -0.391 e. The number of carbonyl (C=O) groups is 1. The van der Waals surface area contributed by atoms with Crippen LogP contribution in [0, 0.1) is 0 Å². The Balaban J connectivity index is 2.13. The van der Waals surface area contributed by atoms with Gasteiger partial charge in [-0.05, 0) is 25.0 Å². The first kappa shape index (κ1) is 13.3. The van der Waals surface area contributed by atoms with Crippen molar-refractivity contribution in [3.05, 3.63) is 29.0 Å². The highest BCUT2D eigenvalue weighted by atomic mass is 35.5. The van der Waals surface area contributed by atoms with Gasteiger partial charge in [0.2, 0.25) is 0 Å². The van der Waals surface area contributed by atoms with Crippen molar-refractivity contribution >= 4 is 17.5 Å². The van der Waals surface area contributed by atoms with Gasteiger partial charge in [0.1, 0.15) is 10.8 Å². The summed E-state index contributed by atoms with van der Waals surface area (Å²) in [6.45, 7) is 0. The quantitative estimate of drug-likeness (QED) is 0.836. The Hall–Kier alpha value is -1.13. The van der Waals surface area contributed by atoms with Crippen LogP contribution >= 0.6 is 11.6 Å². The fourth-order valence-electron chi connectivity index (χ4n) is 2.40. The summed E-state index contributed by atoms with van der Waals surface area (Å²) in [6, 6.07) is 4.86. The minimum atomic E-state index is -0.438. The first-order valence-corrected chi connectivity index (χ1v) is 6.55. The zero-order chi connectivity index (χ0) is 13.1. The highest BCUT2D eigenvalue weighted by molar-refractivity contribution is 6.29. The molecule has 0 aromatic carbocycles. The number of amides is 1. The Morgan fingerprint density at radius 1 is 1.44 bits per heavy atom. The van der Waals surface area contributed by atoms with Crippen molar-refractivity contribution < 1.29 is 9.90 Å². The molecule has 1 aromatic heterocycles. The smallest absolute Gasteiger partial charge is 0.272 e. The van der Waals surface area contributed by atoms with Gasteiger partial charge in [0.25, 0.3) is 5.91 Å². The zero-order valence-electron chi connectivity index (χ0n) is 10.3. The summed E-state index contributed by atoms with van der Waals surface area (Å²) in [5, 5.41) is 10.3. The van der Waals surface area contributed by atoms with Crippen LogP contribution in [0.15, 0.2) is 18.2 Å². The maximum Gasteiger partial charge on any atom is 0.272 e. The summed E-state index contributed by atoms with van der Waals surface area (Å²) in [4.78, 5) is 17.8. The van der Waals surface area contributed by atoms with Crippen molar-refractivity contribution in [2.24, 2.45) is 0 Å². The van der Waals surface area contributed by atoms with Crippen molar-refractivity contribution in [2.45, 2.75) is 37.8 Å². The third-order valence-corrected chi connectivity index (χ3v) is 3.66. The molecule has 5 heteroatoms. The van der Waals surface area contributed by atoms with Gasteiger partial charge in [0.05, 0.1) is 12.1 Å². The lowest BCUT2D eigenvalue weighted by molar-refractivity contribution is 0.0264. The second-order valence-electron chi connectivity index (χ2n) is 4.68. The largest absolute Gasteiger partial charge is 0.391 e. The molecule has 0 aliphatic heterocycles. The van der Waals surface area contributed by atoms with Crippen LogP contribution in [-0.4, -0.2) is 40.1 Å². The molecule has 1 saturated carbocycles. The van der Waals surface area contributed by atoms with Gasteiger partial charge in [-0.2, -0.15) is 0 Å². The fraction of sp³-hybridized carbons (Fsp3) is 0.538. The van der Waals surface area contributed by atoms with Gasteiger partial charge in [-0.15, -0.1) is 0 Å². The topological polar surface area (TPSA) is 53.4 Å². The number of aromatic nitrogens is 1. The van der Waals surface area contributed by atoms with Crippen molar-refractivity contribution in [3.63, 3.8) is 0 Å². The minimum absolute atomic E-state index is 0.118. The highest BCUT2D eigenvalue weighted by Gasteiger charge is 2.30. The Morgan fingerprint density at radius 2 is 2.17 bits per heavy atom. The monoisotopic (exact) mass is 268 g/mol.